The summed E-state index contributed by atoms with van der Waals surface area (Å²) in [6, 6.07) is 13.6. The number of hydrogen-bond donors (Lipinski definition) is 1. The van der Waals surface area contributed by atoms with Crippen LogP contribution >= 0.6 is 0 Å². The molecule has 24 heavy (non-hydrogen) atoms. The molecule has 4 heteroatoms. The van der Waals surface area contributed by atoms with Crippen LogP contribution in [0.4, 0.5) is 4.39 Å². The monoisotopic (exact) mass is 324 g/mol. The van der Waals surface area contributed by atoms with E-state index in [-0.39, 0.29) is 11.7 Å². The van der Waals surface area contributed by atoms with Gasteiger partial charge in [-0.15, -0.1) is 0 Å². The van der Waals surface area contributed by atoms with Gasteiger partial charge in [0.15, 0.2) is 0 Å². The molecule has 0 aliphatic rings. The number of hydrogen-bond acceptors (Lipinski definition) is 2. The van der Waals surface area contributed by atoms with E-state index in [4.69, 9.17) is 0 Å². The third-order valence-corrected chi connectivity index (χ3v) is 3.54. The first-order chi connectivity index (χ1) is 11.5. The van der Waals surface area contributed by atoms with Crippen molar-refractivity contribution in [2.24, 2.45) is 5.10 Å². The standard InChI is InChI=1S/C20H21FN2O/c1-14(2)17-6-4-16(5-7-17)12-15(3)13-22-23-20(24)18-8-10-19(21)11-9-18/h4-14H,1-3H3,(H,23,24). The van der Waals surface area contributed by atoms with Crippen molar-refractivity contribution in [1.82, 2.24) is 5.43 Å². The molecule has 2 aromatic rings. The third kappa shape index (κ3) is 5.16. The van der Waals surface area contributed by atoms with Gasteiger partial charge in [0.05, 0.1) is 6.21 Å². The van der Waals surface area contributed by atoms with Crippen LogP contribution in [0.2, 0.25) is 0 Å². The molecule has 0 aromatic heterocycles. The van der Waals surface area contributed by atoms with Crippen molar-refractivity contribution in [3.63, 3.8) is 0 Å². The first-order valence-corrected chi connectivity index (χ1v) is 7.83. The SMILES string of the molecule is CC(C=NNC(=O)c1ccc(F)cc1)=Cc1ccc(C(C)C)cc1. The average Bonchev–Trinajstić information content (AvgIpc) is 2.55. The number of rotatable bonds is 5. The fourth-order valence-corrected chi connectivity index (χ4v) is 2.14. The van der Waals surface area contributed by atoms with Crippen molar-refractivity contribution >= 4 is 18.2 Å². The highest BCUT2D eigenvalue weighted by molar-refractivity contribution is 5.95. The second kappa shape index (κ2) is 8.20. The summed E-state index contributed by atoms with van der Waals surface area (Å²) in [6.45, 7) is 6.23. The van der Waals surface area contributed by atoms with E-state index in [0.717, 1.165) is 11.1 Å². The first-order valence-electron chi connectivity index (χ1n) is 7.83. The summed E-state index contributed by atoms with van der Waals surface area (Å²) in [4.78, 5) is 11.8. The maximum absolute atomic E-state index is 12.8. The minimum absolute atomic E-state index is 0.361. The Morgan fingerprint density at radius 2 is 1.71 bits per heavy atom. The topological polar surface area (TPSA) is 41.5 Å². The summed E-state index contributed by atoms with van der Waals surface area (Å²) >= 11 is 0. The lowest BCUT2D eigenvalue weighted by Crippen LogP contribution is -2.17. The predicted octanol–water partition coefficient (Wildman–Crippen LogP) is 4.77. The lowest BCUT2D eigenvalue weighted by Gasteiger charge is -2.05. The molecule has 0 aliphatic carbocycles. The summed E-state index contributed by atoms with van der Waals surface area (Å²) in [5.74, 6) is -0.245. The van der Waals surface area contributed by atoms with Crippen molar-refractivity contribution in [2.45, 2.75) is 26.7 Å². The molecule has 2 aromatic carbocycles. The van der Waals surface area contributed by atoms with Crippen molar-refractivity contribution in [3.8, 4) is 0 Å². The predicted molar refractivity (Wildman–Crippen MR) is 96.5 cm³/mol. The Bertz CT molecular complexity index is 744. The summed E-state index contributed by atoms with van der Waals surface area (Å²) in [6.07, 6.45) is 3.56. The van der Waals surface area contributed by atoms with Gasteiger partial charge in [-0.1, -0.05) is 44.2 Å². The molecule has 0 saturated heterocycles. The summed E-state index contributed by atoms with van der Waals surface area (Å²) in [7, 11) is 0. The minimum atomic E-state index is -0.377. The van der Waals surface area contributed by atoms with E-state index >= 15 is 0 Å². The molecular formula is C20H21FN2O. The van der Waals surface area contributed by atoms with Crippen LogP contribution in [0.5, 0.6) is 0 Å². The van der Waals surface area contributed by atoms with E-state index in [1.807, 2.05) is 13.0 Å². The number of amides is 1. The number of nitrogens with zero attached hydrogens (tertiary/aromatic N) is 1. The van der Waals surface area contributed by atoms with Gasteiger partial charge in [-0.25, -0.2) is 9.82 Å². The zero-order chi connectivity index (χ0) is 17.5. The van der Waals surface area contributed by atoms with Gasteiger partial charge in [0, 0.05) is 5.56 Å². The lowest BCUT2D eigenvalue weighted by molar-refractivity contribution is 0.0955. The molecule has 1 N–H and O–H groups in total. The van der Waals surface area contributed by atoms with E-state index in [0.29, 0.717) is 11.5 Å². The Balaban J connectivity index is 1.95. The van der Waals surface area contributed by atoms with Crippen LogP contribution < -0.4 is 5.43 Å². The smallest absolute Gasteiger partial charge is 0.267 e. The molecule has 0 aliphatic heterocycles. The molecule has 1 amide bonds. The molecule has 0 radical (unpaired) electrons. The molecule has 0 bridgehead atoms. The van der Waals surface area contributed by atoms with Crippen LogP contribution in [0.3, 0.4) is 0 Å². The maximum atomic E-state index is 12.8. The number of hydrazone groups is 1. The zero-order valence-corrected chi connectivity index (χ0v) is 14.1. The molecule has 0 spiro atoms. The molecule has 0 atom stereocenters. The zero-order valence-electron chi connectivity index (χ0n) is 14.1. The fraction of sp³-hybridized carbons (Fsp3) is 0.200. The number of benzene rings is 2. The number of nitrogens with one attached hydrogen (secondary N) is 1. The Kier molecular flexibility index (Phi) is 6.01. The highest BCUT2D eigenvalue weighted by atomic mass is 19.1. The van der Waals surface area contributed by atoms with Crippen LogP contribution in [0.1, 0.15) is 48.2 Å². The van der Waals surface area contributed by atoms with Crippen LogP contribution in [-0.4, -0.2) is 12.1 Å². The molecular weight excluding hydrogens is 303 g/mol. The lowest BCUT2D eigenvalue weighted by atomic mass is 10.0. The first kappa shape index (κ1) is 17.6. The van der Waals surface area contributed by atoms with Gasteiger partial charge in [0.1, 0.15) is 5.82 Å². The van der Waals surface area contributed by atoms with Crippen LogP contribution in [0, 0.1) is 5.82 Å². The Morgan fingerprint density at radius 3 is 2.29 bits per heavy atom. The van der Waals surface area contributed by atoms with E-state index in [2.05, 4.69) is 48.6 Å². The van der Waals surface area contributed by atoms with Gasteiger partial charge in [-0.2, -0.15) is 5.10 Å². The van der Waals surface area contributed by atoms with Crippen molar-refractivity contribution in [1.29, 1.82) is 0 Å². The molecule has 0 unspecified atom stereocenters. The highest BCUT2D eigenvalue weighted by Gasteiger charge is 2.03. The van der Waals surface area contributed by atoms with E-state index < -0.39 is 0 Å². The normalized spacial score (nSPS) is 12.0. The fourth-order valence-electron chi connectivity index (χ4n) is 2.14. The second-order valence-electron chi connectivity index (χ2n) is 5.92. The van der Waals surface area contributed by atoms with Crippen LogP contribution in [-0.2, 0) is 0 Å². The van der Waals surface area contributed by atoms with Crippen molar-refractivity contribution in [3.05, 3.63) is 76.6 Å². The molecule has 0 heterocycles. The quantitative estimate of drug-likeness (QED) is 0.625. The van der Waals surface area contributed by atoms with Gasteiger partial charge in [0.2, 0.25) is 0 Å². The molecule has 2 rings (SSSR count). The van der Waals surface area contributed by atoms with Crippen LogP contribution in [0.25, 0.3) is 6.08 Å². The number of halogens is 1. The Morgan fingerprint density at radius 1 is 1.08 bits per heavy atom. The Labute approximate surface area is 141 Å². The van der Waals surface area contributed by atoms with E-state index in [9.17, 15) is 9.18 Å². The minimum Gasteiger partial charge on any atom is -0.267 e. The average molecular weight is 324 g/mol. The third-order valence-electron chi connectivity index (χ3n) is 3.54. The highest BCUT2D eigenvalue weighted by Crippen LogP contribution is 2.15. The Hall–Kier alpha value is -2.75. The molecule has 0 fully saturated rings. The molecule has 3 nitrogen and oxygen atoms in total. The van der Waals surface area contributed by atoms with Crippen LogP contribution in [0.15, 0.2) is 59.2 Å². The summed E-state index contributed by atoms with van der Waals surface area (Å²) in [5.41, 5.74) is 6.07. The van der Waals surface area contributed by atoms with E-state index in [1.165, 1.54) is 29.8 Å². The van der Waals surface area contributed by atoms with Gasteiger partial charge in [-0.3, -0.25) is 4.79 Å². The van der Waals surface area contributed by atoms with Gasteiger partial charge < -0.3 is 0 Å². The van der Waals surface area contributed by atoms with Crippen molar-refractivity contribution < 1.29 is 9.18 Å². The number of carbonyl (C=O) groups excluding carboxylic acids is 1. The maximum Gasteiger partial charge on any atom is 0.271 e. The summed E-state index contributed by atoms with van der Waals surface area (Å²) < 4.78 is 12.8. The number of allylic oxidation sites excluding steroid dienone is 1. The van der Waals surface area contributed by atoms with E-state index in [1.54, 1.807) is 6.21 Å². The molecule has 0 saturated carbocycles. The largest absolute Gasteiger partial charge is 0.271 e. The van der Waals surface area contributed by atoms with Crippen molar-refractivity contribution in [2.75, 3.05) is 0 Å². The van der Waals surface area contributed by atoms with Gasteiger partial charge >= 0.3 is 0 Å². The second-order valence-corrected chi connectivity index (χ2v) is 5.92. The summed E-state index contributed by atoms with van der Waals surface area (Å²) in [5, 5.41) is 3.93. The van der Waals surface area contributed by atoms with Gasteiger partial charge in [-0.05, 0) is 53.8 Å². The number of carbonyl (C=O) groups is 1. The molecule has 124 valence electrons. The van der Waals surface area contributed by atoms with Gasteiger partial charge in [0.25, 0.3) is 5.91 Å².